The van der Waals surface area contributed by atoms with Crippen LogP contribution in [0.2, 0.25) is 0 Å². The zero-order valence-electron chi connectivity index (χ0n) is 7.23. The first-order valence-corrected chi connectivity index (χ1v) is 4.30. The van der Waals surface area contributed by atoms with Gasteiger partial charge in [0, 0.05) is 13.0 Å². The van der Waals surface area contributed by atoms with Gasteiger partial charge in [0.1, 0.15) is 6.04 Å². The Bertz CT molecular complexity index is 172. The molecule has 0 amide bonds. The molecule has 1 heterocycles. The summed E-state index contributed by atoms with van der Waals surface area (Å²) in [6, 6.07) is -0.472. The average Bonchev–Trinajstić information content (AvgIpc) is 2.32. The van der Waals surface area contributed by atoms with Gasteiger partial charge in [0.2, 0.25) is 0 Å². The van der Waals surface area contributed by atoms with Crippen molar-refractivity contribution in [1.82, 2.24) is 4.90 Å². The van der Waals surface area contributed by atoms with E-state index in [1.807, 2.05) is 11.8 Å². The molecule has 0 aromatic carbocycles. The minimum atomic E-state index is -0.819. The van der Waals surface area contributed by atoms with Gasteiger partial charge in [0.05, 0.1) is 6.10 Å². The van der Waals surface area contributed by atoms with Crippen molar-refractivity contribution >= 4 is 5.97 Å². The Morgan fingerprint density at radius 2 is 2.33 bits per heavy atom. The molecule has 1 aliphatic heterocycles. The molecule has 0 aromatic rings. The molecule has 1 fully saturated rings. The largest absolute Gasteiger partial charge is 0.480 e. The van der Waals surface area contributed by atoms with E-state index >= 15 is 0 Å². The van der Waals surface area contributed by atoms with Gasteiger partial charge in [-0.05, 0) is 13.0 Å². The molecule has 12 heavy (non-hydrogen) atoms. The van der Waals surface area contributed by atoms with E-state index < -0.39 is 18.1 Å². The fourth-order valence-electron chi connectivity index (χ4n) is 1.67. The Hall–Kier alpha value is -0.610. The van der Waals surface area contributed by atoms with Crippen LogP contribution < -0.4 is 0 Å². The quantitative estimate of drug-likeness (QED) is 0.626. The van der Waals surface area contributed by atoms with Gasteiger partial charge in [-0.1, -0.05) is 6.92 Å². The fraction of sp³-hybridized carbons (Fsp3) is 0.875. The van der Waals surface area contributed by atoms with Gasteiger partial charge in [-0.15, -0.1) is 0 Å². The maximum Gasteiger partial charge on any atom is 0.321 e. The number of likely N-dealkylation sites (tertiary alicyclic amines) is 1. The highest BCUT2D eigenvalue weighted by molar-refractivity contribution is 5.74. The average molecular weight is 173 g/mol. The number of aliphatic hydroxyl groups excluding tert-OH is 1. The summed E-state index contributed by atoms with van der Waals surface area (Å²) in [5.74, 6) is -0.819. The van der Waals surface area contributed by atoms with Crippen molar-refractivity contribution in [3.63, 3.8) is 0 Å². The number of aliphatic carboxylic acids is 1. The molecule has 0 aromatic heterocycles. The van der Waals surface area contributed by atoms with Crippen LogP contribution in [0.5, 0.6) is 0 Å². The standard InChI is InChI=1S/C8H15NO3/c1-2-3-9-5-6(10)4-7(9)8(11)12/h6-7,10H,2-5H2,1H3,(H,11,12)/t6?,7-/m0/s1. The fourth-order valence-corrected chi connectivity index (χ4v) is 1.67. The lowest BCUT2D eigenvalue weighted by atomic mass is 10.2. The molecular weight excluding hydrogens is 158 g/mol. The Morgan fingerprint density at radius 1 is 1.67 bits per heavy atom. The predicted octanol–water partition coefficient (Wildman–Crippen LogP) is -0.0838. The van der Waals surface area contributed by atoms with Crippen molar-refractivity contribution < 1.29 is 15.0 Å². The molecule has 0 spiro atoms. The number of carboxylic acid groups (broad SMARTS) is 1. The Balaban J connectivity index is 2.53. The molecule has 1 unspecified atom stereocenters. The number of rotatable bonds is 3. The van der Waals surface area contributed by atoms with Crippen LogP contribution in [0, 0.1) is 0 Å². The lowest BCUT2D eigenvalue weighted by Gasteiger charge is -2.19. The molecule has 1 rings (SSSR count). The second-order valence-corrected chi connectivity index (χ2v) is 3.24. The van der Waals surface area contributed by atoms with Gasteiger partial charge in [0.25, 0.3) is 0 Å². The van der Waals surface area contributed by atoms with Gasteiger partial charge in [-0.25, -0.2) is 0 Å². The number of hydrogen-bond donors (Lipinski definition) is 2. The molecule has 0 saturated carbocycles. The maximum absolute atomic E-state index is 10.7. The van der Waals surface area contributed by atoms with Crippen LogP contribution in [0.3, 0.4) is 0 Å². The van der Waals surface area contributed by atoms with Crippen LogP contribution in [-0.2, 0) is 4.79 Å². The van der Waals surface area contributed by atoms with Crippen LogP contribution in [0.4, 0.5) is 0 Å². The highest BCUT2D eigenvalue weighted by atomic mass is 16.4. The highest BCUT2D eigenvalue weighted by Crippen LogP contribution is 2.17. The monoisotopic (exact) mass is 173 g/mol. The summed E-state index contributed by atoms with van der Waals surface area (Å²) >= 11 is 0. The minimum Gasteiger partial charge on any atom is -0.480 e. The number of nitrogens with zero attached hydrogens (tertiary/aromatic N) is 1. The molecule has 2 atom stereocenters. The summed E-state index contributed by atoms with van der Waals surface area (Å²) in [6.45, 7) is 3.27. The lowest BCUT2D eigenvalue weighted by molar-refractivity contribution is -0.142. The molecule has 4 heteroatoms. The first-order valence-electron chi connectivity index (χ1n) is 4.30. The topological polar surface area (TPSA) is 60.8 Å². The van der Waals surface area contributed by atoms with E-state index in [0.29, 0.717) is 13.0 Å². The van der Waals surface area contributed by atoms with Crippen LogP contribution >= 0.6 is 0 Å². The molecule has 0 radical (unpaired) electrons. The highest BCUT2D eigenvalue weighted by Gasteiger charge is 2.34. The van der Waals surface area contributed by atoms with E-state index in [4.69, 9.17) is 5.11 Å². The number of aliphatic hydroxyl groups is 1. The van der Waals surface area contributed by atoms with Crippen molar-refractivity contribution in [2.45, 2.75) is 31.9 Å². The number of β-amino-alcohol motifs (C(OH)–C–C–N with tert-alkyl or cyclic N) is 1. The third-order valence-corrected chi connectivity index (χ3v) is 2.18. The number of carboxylic acids is 1. The summed E-state index contributed by atoms with van der Waals surface area (Å²) in [5, 5.41) is 18.0. The summed E-state index contributed by atoms with van der Waals surface area (Å²) in [6.07, 6.45) is 0.837. The third kappa shape index (κ3) is 1.95. The SMILES string of the molecule is CCCN1CC(O)C[C@H]1C(=O)O. The predicted molar refractivity (Wildman–Crippen MR) is 43.9 cm³/mol. The van der Waals surface area contributed by atoms with Crippen LogP contribution in [0.1, 0.15) is 19.8 Å². The van der Waals surface area contributed by atoms with E-state index in [9.17, 15) is 9.90 Å². The van der Waals surface area contributed by atoms with Crippen molar-refractivity contribution in [2.75, 3.05) is 13.1 Å². The number of hydrogen-bond acceptors (Lipinski definition) is 3. The van der Waals surface area contributed by atoms with E-state index in [0.717, 1.165) is 13.0 Å². The minimum absolute atomic E-state index is 0.370. The zero-order chi connectivity index (χ0) is 9.14. The molecule has 70 valence electrons. The van der Waals surface area contributed by atoms with Crippen molar-refractivity contribution in [1.29, 1.82) is 0 Å². The van der Waals surface area contributed by atoms with E-state index in [1.54, 1.807) is 0 Å². The summed E-state index contributed by atoms with van der Waals surface area (Å²) < 4.78 is 0. The van der Waals surface area contributed by atoms with Crippen LogP contribution in [0.25, 0.3) is 0 Å². The Labute approximate surface area is 71.8 Å². The van der Waals surface area contributed by atoms with Gasteiger partial charge in [-0.2, -0.15) is 0 Å². The van der Waals surface area contributed by atoms with Gasteiger partial charge in [-0.3, -0.25) is 9.69 Å². The number of carbonyl (C=O) groups is 1. The van der Waals surface area contributed by atoms with E-state index in [2.05, 4.69) is 0 Å². The normalized spacial score (nSPS) is 30.8. The smallest absolute Gasteiger partial charge is 0.321 e. The van der Waals surface area contributed by atoms with Crippen molar-refractivity contribution in [3.05, 3.63) is 0 Å². The molecule has 1 aliphatic rings. The second kappa shape index (κ2) is 3.87. The summed E-state index contributed by atoms with van der Waals surface area (Å²) in [7, 11) is 0. The van der Waals surface area contributed by atoms with Crippen LogP contribution in [0.15, 0.2) is 0 Å². The third-order valence-electron chi connectivity index (χ3n) is 2.18. The summed E-state index contributed by atoms with van der Waals surface area (Å²) in [5.41, 5.74) is 0. The van der Waals surface area contributed by atoms with Gasteiger partial charge >= 0.3 is 5.97 Å². The van der Waals surface area contributed by atoms with Crippen molar-refractivity contribution in [3.8, 4) is 0 Å². The first kappa shape index (κ1) is 9.48. The Kier molecular flexibility index (Phi) is 3.05. The molecule has 0 bridgehead atoms. The molecule has 1 saturated heterocycles. The molecule has 2 N–H and O–H groups in total. The van der Waals surface area contributed by atoms with E-state index in [1.165, 1.54) is 0 Å². The van der Waals surface area contributed by atoms with Gasteiger partial charge < -0.3 is 10.2 Å². The van der Waals surface area contributed by atoms with Crippen LogP contribution in [-0.4, -0.2) is 46.3 Å². The van der Waals surface area contributed by atoms with E-state index in [-0.39, 0.29) is 0 Å². The maximum atomic E-state index is 10.7. The first-order chi connectivity index (χ1) is 5.65. The molecule has 0 aliphatic carbocycles. The van der Waals surface area contributed by atoms with Gasteiger partial charge in [0.15, 0.2) is 0 Å². The molecular formula is C8H15NO3. The zero-order valence-corrected chi connectivity index (χ0v) is 7.23. The summed E-state index contributed by atoms with van der Waals surface area (Å²) in [4.78, 5) is 12.5. The van der Waals surface area contributed by atoms with Crippen molar-refractivity contribution in [2.24, 2.45) is 0 Å². The Morgan fingerprint density at radius 3 is 2.83 bits per heavy atom. The second-order valence-electron chi connectivity index (χ2n) is 3.24. The lowest BCUT2D eigenvalue weighted by Crippen LogP contribution is -2.36. The molecule has 4 nitrogen and oxygen atoms in total.